The van der Waals surface area contributed by atoms with Crippen molar-refractivity contribution in [3.05, 3.63) is 0 Å². The maximum Gasteiger partial charge on any atom is 0.407 e. The first-order chi connectivity index (χ1) is 12.4. The second-order valence-corrected chi connectivity index (χ2v) is 6.76. The van der Waals surface area contributed by atoms with Crippen molar-refractivity contribution in [3.8, 4) is 0 Å². The van der Waals surface area contributed by atoms with E-state index in [0.717, 1.165) is 13.0 Å². The Hall–Kier alpha value is -2.03. The molecule has 2 unspecified atom stereocenters. The van der Waals surface area contributed by atoms with Gasteiger partial charge in [-0.1, -0.05) is 0 Å². The normalized spacial score (nSPS) is 19.8. The van der Waals surface area contributed by atoms with Gasteiger partial charge in [0, 0.05) is 39.6 Å². The SMILES string of the molecule is CNC(=O)C1CCC(CCOC(=O)NCCCN(C)C)N(C(=O)NC)C1. The Bertz CT molecular complexity index is 472. The number of ether oxygens (including phenoxy) is 1. The van der Waals surface area contributed by atoms with Gasteiger partial charge in [0.05, 0.1) is 12.5 Å². The highest BCUT2D eigenvalue weighted by molar-refractivity contribution is 5.80. The topological polar surface area (TPSA) is 103 Å². The number of alkyl carbamates (subject to hydrolysis) is 1. The van der Waals surface area contributed by atoms with Gasteiger partial charge in [0.1, 0.15) is 0 Å². The van der Waals surface area contributed by atoms with Crippen molar-refractivity contribution in [2.45, 2.75) is 31.7 Å². The fourth-order valence-electron chi connectivity index (χ4n) is 3.06. The van der Waals surface area contributed by atoms with Crippen LogP contribution in [0.2, 0.25) is 0 Å². The van der Waals surface area contributed by atoms with Gasteiger partial charge in [0.15, 0.2) is 0 Å². The Kier molecular flexibility index (Phi) is 9.79. The Balaban J connectivity index is 2.38. The van der Waals surface area contributed by atoms with Crippen LogP contribution in [0, 0.1) is 5.92 Å². The van der Waals surface area contributed by atoms with Crippen molar-refractivity contribution in [3.63, 3.8) is 0 Å². The van der Waals surface area contributed by atoms with Crippen molar-refractivity contribution in [2.75, 3.05) is 54.4 Å². The maximum atomic E-state index is 12.1. The van der Waals surface area contributed by atoms with Crippen molar-refractivity contribution < 1.29 is 19.1 Å². The summed E-state index contributed by atoms with van der Waals surface area (Å²) in [5.41, 5.74) is 0. The summed E-state index contributed by atoms with van der Waals surface area (Å²) in [5, 5.41) is 7.97. The molecule has 9 nitrogen and oxygen atoms in total. The third-order valence-corrected chi connectivity index (χ3v) is 4.53. The molecule has 0 bridgehead atoms. The number of nitrogens with one attached hydrogen (secondary N) is 3. The molecule has 1 aliphatic heterocycles. The van der Waals surface area contributed by atoms with Crippen molar-refractivity contribution >= 4 is 18.0 Å². The van der Waals surface area contributed by atoms with Crippen LogP contribution in [0.1, 0.15) is 25.7 Å². The van der Waals surface area contributed by atoms with Gasteiger partial charge in [-0.3, -0.25) is 4.79 Å². The number of carbonyl (C=O) groups excluding carboxylic acids is 3. The molecule has 0 radical (unpaired) electrons. The number of hydrogen-bond acceptors (Lipinski definition) is 5. The smallest absolute Gasteiger partial charge is 0.407 e. The lowest BCUT2D eigenvalue weighted by Gasteiger charge is -2.38. The van der Waals surface area contributed by atoms with Crippen LogP contribution in [0.3, 0.4) is 0 Å². The van der Waals surface area contributed by atoms with Crippen molar-refractivity contribution in [1.82, 2.24) is 25.8 Å². The number of rotatable bonds is 8. The van der Waals surface area contributed by atoms with E-state index in [-0.39, 0.29) is 30.5 Å². The van der Waals surface area contributed by atoms with Gasteiger partial charge < -0.3 is 30.5 Å². The summed E-state index contributed by atoms with van der Waals surface area (Å²) in [7, 11) is 7.13. The summed E-state index contributed by atoms with van der Waals surface area (Å²) in [6.45, 7) is 2.08. The summed E-state index contributed by atoms with van der Waals surface area (Å²) < 4.78 is 5.21. The predicted molar refractivity (Wildman–Crippen MR) is 98.9 cm³/mol. The lowest BCUT2D eigenvalue weighted by molar-refractivity contribution is -0.126. The molecule has 1 rings (SSSR count). The van der Waals surface area contributed by atoms with Gasteiger partial charge in [-0.25, -0.2) is 9.59 Å². The first kappa shape index (κ1) is 22.0. The number of urea groups is 1. The second kappa shape index (κ2) is 11.6. The molecule has 150 valence electrons. The van der Waals surface area contributed by atoms with Crippen LogP contribution in [0.4, 0.5) is 9.59 Å². The predicted octanol–water partition coefficient (Wildman–Crippen LogP) is 0.220. The van der Waals surface area contributed by atoms with Gasteiger partial charge in [-0.05, 0) is 39.9 Å². The van der Waals surface area contributed by atoms with Gasteiger partial charge >= 0.3 is 12.1 Å². The van der Waals surface area contributed by atoms with Gasteiger partial charge in [-0.15, -0.1) is 0 Å². The maximum absolute atomic E-state index is 12.1. The highest BCUT2D eigenvalue weighted by Gasteiger charge is 2.34. The fourth-order valence-corrected chi connectivity index (χ4v) is 3.06. The Morgan fingerprint density at radius 1 is 1.15 bits per heavy atom. The summed E-state index contributed by atoms with van der Waals surface area (Å²) in [4.78, 5) is 39.4. The first-order valence-corrected chi connectivity index (χ1v) is 9.14. The third-order valence-electron chi connectivity index (χ3n) is 4.53. The van der Waals surface area contributed by atoms with Crippen LogP contribution in [-0.4, -0.2) is 88.3 Å². The molecule has 0 saturated carbocycles. The number of nitrogens with zero attached hydrogens (tertiary/aromatic N) is 2. The number of hydrogen-bond donors (Lipinski definition) is 3. The van der Waals surface area contributed by atoms with Crippen LogP contribution < -0.4 is 16.0 Å². The summed E-state index contributed by atoms with van der Waals surface area (Å²) >= 11 is 0. The lowest BCUT2D eigenvalue weighted by atomic mass is 9.91. The minimum atomic E-state index is -0.436. The number of carbonyl (C=O) groups is 3. The average Bonchev–Trinajstić information content (AvgIpc) is 2.63. The van der Waals surface area contributed by atoms with Crippen LogP contribution in [-0.2, 0) is 9.53 Å². The Morgan fingerprint density at radius 2 is 1.88 bits per heavy atom. The first-order valence-electron chi connectivity index (χ1n) is 9.14. The summed E-state index contributed by atoms with van der Waals surface area (Å²) in [6, 6.07) is -0.255. The number of amides is 4. The fraction of sp³-hybridized carbons (Fsp3) is 0.824. The zero-order valence-electron chi connectivity index (χ0n) is 16.3. The molecule has 26 heavy (non-hydrogen) atoms. The zero-order valence-corrected chi connectivity index (χ0v) is 16.3. The summed E-state index contributed by atoms with van der Waals surface area (Å²) in [5.74, 6) is -0.250. The zero-order chi connectivity index (χ0) is 19.5. The quantitative estimate of drug-likeness (QED) is 0.530. The van der Waals surface area contributed by atoms with E-state index >= 15 is 0 Å². The molecular formula is C17H33N5O4. The molecule has 1 fully saturated rings. The highest BCUT2D eigenvalue weighted by atomic mass is 16.5. The molecule has 1 heterocycles. The van der Waals surface area contributed by atoms with Crippen LogP contribution in [0.25, 0.3) is 0 Å². The average molecular weight is 371 g/mol. The molecule has 4 amide bonds. The second-order valence-electron chi connectivity index (χ2n) is 6.76. The number of likely N-dealkylation sites (tertiary alicyclic amines) is 1. The Labute approximate surface area is 155 Å². The molecule has 0 aromatic rings. The van der Waals surface area contributed by atoms with E-state index in [9.17, 15) is 14.4 Å². The molecule has 1 aliphatic rings. The molecule has 0 aromatic carbocycles. The molecule has 1 saturated heterocycles. The van der Waals surface area contributed by atoms with E-state index < -0.39 is 6.09 Å². The molecule has 3 N–H and O–H groups in total. The highest BCUT2D eigenvalue weighted by Crippen LogP contribution is 2.24. The van der Waals surface area contributed by atoms with Gasteiger partial charge in [-0.2, -0.15) is 0 Å². The lowest BCUT2D eigenvalue weighted by Crippen LogP contribution is -2.53. The van der Waals surface area contributed by atoms with Crippen molar-refractivity contribution in [1.29, 1.82) is 0 Å². The largest absolute Gasteiger partial charge is 0.449 e. The van der Waals surface area contributed by atoms with E-state index in [0.29, 0.717) is 32.4 Å². The van der Waals surface area contributed by atoms with Crippen LogP contribution >= 0.6 is 0 Å². The standard InChI is InChI=1S/C17H33N5O4/c1-18-15(23)13-6-7-14(22(12-13)16(24)19-2)8-11-26-17(25)20-9-5-10-21(3)4/h13-14H,5-12H2,1-4H3,(H,18,23)(H,19,24)(H,20,25). The van der Waals surface area contributed by atoms with E-state index in [2.05, 4.69) is 20.9 Å². The molecule has 0 spiro atoms. The van der Waals surface area contributed by atoms with Gasteiger partial charge in [0.25, 0.3) is 0 Å². The molecule has 0 aromatic heterocycles. The molecule has 0 aliphatic carbocycles. The van der Waals surface area contributed by atoms with E-state index in [1.165, 1.54) is 0 Å². The molecule has 2 atom stereocenters. The minimum absolute atomic E-state index is 0.0441. The monoisotopic (exact) mass is 371 g/mol. The number of piperidine rings is 1. The molecular weight excluding hydrogens is 338 g/mol. The van der Waals surface area contributed by atoms with E-state index in [1.54, 1.807) is 19.0 Å². The van der Waals surface area contributed by atoms with Crippen LogP contribution in [0.15, 0.2) is 0 Å². The minimum Gasteiger partial charge on any atom is -0.449 e. The van der Waals surface area contributed by atoms with Crippen molar-refractivity contribution in [2.24, 2.45) is 5.92 Å². The van der Waals surface area contributed by atoms with E-state index in [1.807, 2.05) is 14.1 Å². The third kappa shape index (κ3) is 7.47. The van der Waals surface area contributed by atoms with Crippen LogP contribution in [0.5, 0.6) is 0 Å². The Morgan fingerprint density at radius 3 is 2.50 bits per heavy atom. The van der Waals surface area contributed by atoms with E-state index in [4.69, 9.17) is 4.74 Å². The summed E-state index contributed by atoms with van der Waals surface area (Å²) in [6.07, 6.45) is 2.40. The molecule has 9 heteroatoms. The van der Waals surface area contributed by atoms with Gasteiger partial charge in [0.2, 0.25) is 5.91 Å².